The van der Waals surface area contributed by atoms with Crippen molar-refractivity contribution in [2.24, 2.45) is 34.5 Å². The molecule has 1 heteroatoms. The van der Waals surface area contributed by atoms with E-state index >= 15 is 0 Å². The average molecular weight is 274 g/mol. The van der Waals surface area contributed by atoms with E-state index in [1.165, 1.54) is 51.4 Å². The Morgan fingerprint density at radius 3 is 2.65 bits per heavy atom. The van der Waals surface area contributed by atoms with Gasteiger partial charge in [0.1, 0.15) is 5.78 Å². The molecule has 4 aliphatic carbocycles. The van der Waals surface area contributed by atoms with Gasteiger partial charge in [-0.3, -0.25) is 4.79 Å². The molecule has 0 radical (unpaired) electrons. The van der Waals surface area contributed by atoms with Gasteiger partial charge in [-0.25, -0.2) is 0 Å². The average Bonchev–Trinajstić information content (AvgIpc) is 2.81. The highest BCUT2D eigenvalue weighted by molar-refractivity contribution is 5.79. The van der Waals surface area contributed by atoms with Crippen LogP contribution in [0.25, 0.3) is 0 Å². The zero-order chi connectivity index (χ0) is 14.0. The summed E-state index contributed by atoms with van der Waals surface area (Å²) in [5.41, 5.74) is 1.18. The molecule has 4 rings (SSSR count). The van der Waals surface area contributed by atoms with Crippen LogP contribution in [0.4, 0.5) is 0 Å². The molecule has 20 heavy (non-hydrogen) atoms. The predicted molar refractivity (Wildman–Crippen MR) is 81.4 cm³/mol. The molecule has 112 valence electrons. The lowest BCUT2D eigenvalue weighted by Gasteiger charge is -2.59. The summed E-state index contributed by atoms with van der Waals surface area (Å²) in [7, 11) is 0. The van der Waals surface area contributed by atoms with Crippen molar-refractivity contribution in [3.63, 3.8) is 0 Å². The van der Waals surface area contributed by atoms with Crippen LogP contribution in [0.15, 0.2) is 0 Å². The van der Waals surface area contributed by atoms with Gasteiger partial charge in [-0.05, 0) is 79.4 Å². The number of carbonyl (C=O) groups is 1. The summed E-state index contributed by atoms with van der Waals surface area (Å²) >= 11 is 0. The summed E-state index contributed by atoms with van der Waals surface area (Å²) in [6.07, 6.45) is 13.1. The first kappa shape index (κ1) is 13.3. The zero-order valence-electron chi connectivity index (χ0n) is 13.3. The number of rotatable bonds is 0. The van der Waals surface area contributed by atoms with Gasteiger partial charge in [-0.15, -0.1) is 0 Å². The molecule has 0 bridgehead atoms. The van der Waals surface area contributed by atoms with Crippen LogP contribution in [0.3, 0.4) is 0 Å². The smallest absolute Gasteiger partial charge is 0.133 e. The number of Topliss-reactive ketones (excluding diaryl/α,β-unsaturated/α-hetero) is 1. The van der Waals surface area contributed by atoms with Crippen molar-refractivity contribution in [2.75, 3.05) is 0 Å². The van der Waals surface area contributed by atoms with Gasteiger partial charge < -0.3 is 0 Å². The molecule has 0 heterocycles. The summed E-state index contributed by atoms with van der Waals surface area (Å²) in [5, 5.41) is 0. The standard InChI is InChI=1S/C19H30O/c1-18-9-3-4-16(18)15-6-5-13-12-14(20)7-11-19(13,2)17(15)8-10-18/h13,15-17H,3-12H2,1-2H3/t13-,15-,16+,17-,18-,19-/m0/s1. The van der Waals surface area contributed by atoms with Gasteiger partial charge in [0.15, 0.2) is 0 Å². The minimum absolute atomic E-state index is 0.501. The highest BCUT2D eigenvalue weighted by atomic mass is 16.1. The van der Waals surface area contributed by atoms with Crippen LogP contribution in [0, 0.1) is 34.5 Å². The molecular weight excluding hydrogens is 244 g/mol. The van der Waals surface area contributed by atoms with Gasteiger partial charge in [-0.2, -0.15) is 0 Å². The van der Waals surface area contributed by atoms with Gasteiger partial charge in [0, 0.05) is 12.8 Å². The van der Waals surface area contributed by atoms with Crippen LogP contribution in [-0.2, 0) is 4.79 Å². The van der Waals surface area contributed by atoms with Crippen molar-refractivity contribution in [3.8, 4) is 0 Å². The third-order valence-corrected chi connectivity index (χ3v) is 8.26. The van der Waals surface area contributed by atoms with Crippen LogP contribution in [0.5, 0.6) is 0 Å². The Kier molecular flexibility index (Phi) is 2.89. The Hall–Kier alpha value is -0.330. The molecule has 0 amide bonds. The second-order valence-corrected chi connectivity index (χ2v) is 8.98. The fourth-order valence-electron chi connectivity index (χ4n) is 7.04. The maximum Gasteiger partial charge on any atom is 0.133 e. The van der Waals surface area contributed by atoms with Crippen LogP contribution < -0.4 is 0 Å². The van der Waals surface area contributed by atoms with Gasteiger partial charge in [0.2, 0.25) is 0 Å². The van der Waals surface area contributed by atoms with E-state index in [1.54, 1.807) is 0 Å². The summed E-state index contributed by atoms with van der Waals surface area (Å²) in [6, 6.07) is 0. The van der Waals surface area contributed by atoms with Crippen molar-refractivity contribution in [1.82, 2.24) is 0 Å². The van der Waals surface area contributed by atoms with Crippen LogP contribution in [0.1, 0.15) is 78.1 Å². The molecule has 1 nitrogen and oxygen atoms in total. The summed E-state index contributed by atoms with van der Waals surface area (Å²) in [4.78, 5) is 11.9. The molecule has 0 aromatic carbocycles. The highest BCUT2D eigenvalue weighted by Gasteiger charge is 2.57. The van der Waals surface area contributed by atoms with Gasteiger partial charge in [0.25, 0.3) is 0 Å². The molecule has 4 saturated carbocycles. The number of hydrogen-bond acceptors (Lipinski definition) is 1. The zero-order valence-corrected chi connectivity index (χ0v) is 13.3. The van der Waals surface area contributed by atoms with E-state index in [4.69, 9.17) is 0 Å². The molecular formula is C19H30O. The van der Waals surface area contributed by atoms with E-state index in [0.717, 1.165) is 36.5 Å². The van der Waals surface area contributed by atoms with Gasteiger partial charge in [0.05, 0.1) is 0 Å². The molecule has 0 aromatic heterocycles. The first-order chi connectivity index (χ1) is 9.53. The Labute approximate surface area is 123 Å². The fourth-order valence-corrected chi connectivity index (χ4v) is 7.04. The van der Waals surface area contributed by atoms with Crippen molar-refractivity contribution in [3.05, 3.63) is 0 Å². The number of ketones is 1. The van der Waals surface area contributed by atoms with Crippen molar-refractivity contribution in [2.45, 2.75) is 78.1 Å². The van der Waals surface area contributed by atoms with E-state index in [-0.39, 0.29) is 0 Å². The Morgan fingerprint density at radius 2 is 1.80 bits per heavy atom. The van der Waals surface area contributed by atoms with Gasteiger partial charge in [-0.1, -0.05) is 20.3 Å². The first-order valence-corrected chi connectivity index (χ1v) is 9.05. The third kappa shape index (κ3) is 1.70. The SMILES string of the molecule is C[C@@]12CCC[C@@H]1[C@@H]1CC[C@H]3CC(=O)CC[C@]3(C)[C@H]1CC2. The number of fused-ring (bicyclic) bond motifs is 5. The molecule has 4 aliphatic rings. The lowest BCUT2D eigenvalue weighted by Crippen LogP contribution is -2.52. The normalized spacial score (nSPS) is 55.0. The molecule has 0 aliphatic heterocycles. The van der Waals surface area contributed by atoms with E-state index in [1.807, 2.05) is 0 Å². The Morgan fingerprint density at radius 1 is 0.950 bits per heavy atom. The Balaban J connectivity index is 1.64. The Bertz CT molecular complexity index is 427. The van der Waals surface area contributed by atoms with Crippen molar-refractivity contribution < 1.29 is 4.79 Å². The van der Waals surface area contributed by atoms with Crippen LogP contribution in [-0.4, -0.2) is 5.78 Å². The minimum atomic E-state index is 0.501. The third-order valence-electron chi connectivity index (χ3n) is 8.26. The van der Waals surface area contributed by atoms with Crippen LogP contribution >= 0.6 is 0 Å². The molecule has 0 aromatic rings. The maximum absolute atomic E-state index is 11.9. The monoisotopic (exact) mass is 274 g/mol. The minimum Gasteiger partial charge on any atom is -0.300 e. The quantitative estimate of drug-likeness (QED) is 0.608. The van der Waals surface area contributed by atoms with E-state index in [9.17, 15) is 4.79 Å². The second kappa shape index (κ2) is 4.34. The van der Waals surface area contributed by atoms with Crippen molar-refractivity contribution in [1.29, 1.82) is 0 Å². The summed E-state index contributed by atoms with van der Waals surface area (Å²) in [6.45, 7) is 5.14. The second-order valence-electron chi connectivity index (χ2n) is 8.98. The number of carbonyl (C=O) groups excluding carboxylic acids is 1. The molecule has 6 atom stereocenters. The summed E-state index contributed by atoms with van der Waals surface area (Å²) in [5.74, 6) is 4.20. The molecule has 0 spiro atoms. The van der Waals surface area contributed by atoms with Crippen LogP contribution in [0.2, 0.25) is 0 Å². The predicted octanol–water partition coefficient (Wildman–Crippen LogP) is 4.99. The fraction of sp³-hybridized carbons (Fsp3) is 0.947. The largest absolute Gasteiger partial charge is 0.300 e. The first-order valence-electron chi connectivity index (χ1n) is 9.05. The lowest BCUT2D eigenvalue weighted by molar-refractivity contribution is -0.137. The highest BCUT2D eigenvalue weighted by Crippen LogP contribution is 2.65. The number of hydrogen-bond donors (Lipinski definition) is 0. The molecule has 0 unspecified atom stereocenters. The maximum atomic E-state index is 11.9. The van der Waals surface area contributed by atoms with E-state index in [2.05, 4.69) is 13.8 Å². The topological polar surface area (TPSA) is 17.1 Å². The molecule has 4 fully saturated rings. The molecule has 0 N–H and O–H groups in total. The van der Waals surface area contributed by atoms with E-state index in [0.29, 0.717) is 16.6 Å². The van der Waals surface area contributed by atoms with Gasteiger partial charge >= 0.3 is 0 Å². The summed E-state index contributed by atoms with van der Waals surface area (Å²) < 4.78 is 0. The molecule has 0 saturated heterocycles. The van der Waals surface area contributed by atoms with Crippen molar-refractivity contribution >= 4 is 5.78 Å². The van der Waals surface area contributed by atoms with E-state index < -0.39 is 0 Å². The lowest BCUT2D eigenvalue weighted by atomic mass is 9.45.